The fourth-order valence-corrected chi connectivity index (χ4v) is 2.87. The lowest BCUT2D eigenvalue weighted by atomic mass is 9.97. The lowest BCUT2D eigenvalue weighted by molar-refractivity contribution is -0.160. The molecule has 1 aliphatic carbocycles. The van der Waals surface area contributed by atoms with E-state index in [-0.39, 0.29) is 10.9 Å². The van der Waals surface area contributed by atoms with Gasteiger partial charge in [-0.2, -0.15) is 0 Å². The van der Waals surface area contributed by atoms with E-state index in [1.54, 1.807) is 24.3 Å². The van der Waals surface area contributed by atoms with Gasteiger partial charge in [-0.3, -0.25) is 0 Å². The van der Waals surface area contributed by atoms with Crippen LogP contribution in [0.1, 0.15) is 37.4 Å². The molecule has 1 N–H and O–H groups in total. The maximum Gasteiger partial charge on any atom is 0.339 e. The van der Waals surface area contributed by atoms with E-state index in [9.17, 15) is 9.90 Å². The van der Waals surface area contributed by atoms with Crippen molar-refractivity contribution in [3.05, 3.63) is 35.9 Å². The van der Waals surface area contributed by atoms with Crippen LogP contribution in [0, 0.1) is 0 Å². The van der Waals surface area contributed by atoms with Gasteiger partial charge in [-0.25, -0.2) is 4.79 Å². The molecule has 0 unspecified atom stereocenters. The molecule has 98 valence electrons. The zero-order chi connectivity index (χ0) is 13.0. The molecule has 0 aliphatic heterocycles. The first-order valence-electron chi connectivity index (χ1n) is 6.26. The second-order valence-electron chi connectivity index (χ2n) is 4.59. The second kappa shape index (κ2) is 6.34. The fourth-order valence-electron chi connectivity index (χ4n) is 2.17. The molecule has 2 rings (SSSR count). The molecule has 1 aromatic carbocycles. The second-order valence-corrected chi connectivity index (χ2v) is 5.77. The summed E-state index contributed by atoms with van der Waals surface area (Å²) in [6, 6.07) is 8.87. The van der Waals surface area contributed by atoms with Gasteiger partial charge in [-0.05, 0) is 24.8 Å². The van der Waals surface area contributed by atoms with Crippen molar-refractivity contribution in [2.45, 2.75) is 42.7 Å². The fraction of sp³-hybridized carbons (Fsp3) is 0.500. The van der Waals surface area contributed by atoms with Crippen molar-refractivity contribution < 1.29 is 14.6 Å². The van der Waals surface area contributed by atoms with E-state index < -0.39 is 12.1 Å². The Hall–Kier alpha value is -0.870. The van der Waals surface area contributed by atoms with Crippen molar-refractivity contribution in [1.82, 2.24) is 0 Å². The summed E-state index contributed by atoms with van der Waals surface area (Å²) in [4.78, 5) is 12.1. The minimum Gasteiger partial charge on any atom is -0.459 e. The number of rotatable bonds is 3. The monoisotopic (exact) mass is 312 g/mol. The molecule has 0 aromatic heterocycles. The molecule has 3 nitrogen and oxygen atoms in total. The molecule has 1 fully saturated rings. The zero-order valence-electron chi connectivity index (χ0n) is 10.1. The topological polar surface area (TPSA) is 46.5 Å². The molecular formula is C14H17BrO3. The maximum absolute atomic E-state index is 11.9. The van der Waals surface area contributed by atoms with E-state index in [1.807, 2.05) is 6.07 Å². The van der Waals surface area contributed by atoms with E-state index >= 15 is 0 Å². The number of halogens is 1. The first-order chi connectivity index (χ1) is 8.68. The number of alkyl halides is 1. The minimum atomic E-state index is -1.19. The molecule has 0 amide bonds. The Morgan fingerprint density at radius 1 is 1.28 bits per heavy atom. The molecule has 0 saturated heterocycles. The van der Waals surface area contributed by atoms with Crippen LogP contribution >= 0.6 is 15.9 Å². The Morgan fingerprint density at radius 3 is 2.61 bits per heavy atom. The third-order valence-corrected chi connectivity index (χ3v) is 4.28. The summed E-state index contributed by atoms with van der Waals surface area (Å²) in [6.07, 6.45) is 2.80. The summed E-state index contributed by atoms with van der Waals surface area (Å²) < 4.78 is 5.38. The Kier molecular flexibility index (Phi) is 4.78. The molecule has 0 bridgehead atoms. The van der Waals surface area contributed by atoms with E-state index in [0.717, 1.165) is 25.7 Å². The van der Waals surface area contributed by atoms with Crippen LogP contribution in [0.15, 0.2) is 30.3 Å². The van der Waals surface area contributed by atoms with E-state index in [4.69, 9.17) is 4.74 Å². The predicted molar refractivity (Wildman–Crippen MR) is 72.5 cm³/mol. The Labute approximate surface area is 115 Å². The first-order valence-corrected chi connectivity index (χ1v) is 7.17. The lowest BCUT2D eigenvalue weighted by Crippen LogP contribution is -2.32. The van der Waals surface area contributed by atoms with Gasteiger partial charge in [0, 0.05) is 0 Å². The number of carbonyl (C=O) groups excluding carboxylic acids is 1. The highest BCUT2D eigenvalue weighted by atomic mass is 79.9. The van der Waals surface area contributed by atoms with Crippen molar-refractivity contribution >= 4 is 21.9 Å². The summed E-state index contributed by atoms with van der Waals surface area (Å²) in [6.45, 7) is 0. The van der Waals surface area contributed by atoms with Crippen LogP contribution in [0.25, 0.3) is 0 Å². The molecule has 3 atom stereocenters. The Morgan fingerprint density at radius 2 is 1.94 bits per heavy atom. The maximum atomic E-state index is 11.9. The number of hydrogen-bond acceptors (Lipinski definition) is 3. The van der Waals surface area contributed by atoms with Crippen LogP contribution in [0.4, 0.5) is 0 Å². The van der Waals surface area contributed by atoms with Crippen molar-refractivity contribution in [2.24, 2.45) is 0 Å². The highest BCUT2D eigenvalue weighted by Crippen LogP contribution is 2.28. The molecule has 18 heavy (non-hydrogen) atoms. The summed E-state index contributed by atoms with van der Waals surface area (Å²) in [7, 11) is 0. The first kappa shape index (κ1) is 13.6. The molecule has 0 spiro atoms. The van der Waals surface area contributed by atoms with Crippen LogP contribution in [-0.4, -0.2) is 22.0 Å². The van der Waals surface area contributed by atoms with Gasteiger partial charge in [-0.1, -0.05) is 52.7 Å². The molecule has 0 heterocycles. The number of esters is 1. The predicted octanol–water partition coefficient (Wildman–Crippen LogP) is 2.97. The normalized spacial score (nSPS) is 25.4. The third kappa shape index (κ3) is 3.33. The molecule has 1 saturated carbocycles. The molecular weight excluding hydrogens is 296 g/mol. The van der Waals surface area contributed by atoms with Gasteiger partial charge in [0.25, 0.3) is 0 Å². The SMILES string of the molecule is O=C(O[C@H]1CCCC[C@@H]1Br)[C@@H](O)c1ccccc1. The number of aliphatic hydroxyl groups is 1. The van der Waals surface area contributed by atoms with Crippen LogP contribution in [0.5, 0.6) is 0 Å². The highest BCUT2D eigenvalue weighted by molar-refractivity contribution is 9.09. The molecule has 1 aromatic rings. The smallest absolute Gasteiger partial charge is 0.339 e. The number of aliphatic hydroxyl groups excluding tert-OH is 1. The average Bonchev–Trinajstić information content (AvgIpc) is 2.41. The van der Waals surface area contributed by atoms with Crippen LogP contribution in [0.2, 0.25) is 0 Å². The van der Waals surface area contributed by atoms with Gasteiger partial charge >= 0.3 is 5.97 Å². The van der Waals surface area contributed by atoms with Gasteiger partial charge in [0.15, 0.2) is 6.10 Å². The number of ether oxygens (including phenoxy) is 1. The van der Waals surface area contributed by atoms with Crippen LogP contribution in [0.3, 0.4) is 0 Å². The van der Waals surface area contributed by atoms with E-state index in [2.05, 4.69) is 15.9 Å². The Balaban J connectivity index is 1.95. The van der Waals surface area contributed by atoms with E-state index in [1.165, 1.54) is 0 Å². The van der Waals surface area contributed by atoms with Gasteiger partial charge in [-0.15, -0.1) is 0 Å². The lowest BCUT2D eigenvalue weighted by Gasteiger charge is -2.27. The minimum absolute atomic E-state index is 0.121. The van der Waals surface area contributed by atoms with E-state index in [0.29, 0.717) is 5.56 Å². The van der Waals surface area contributed by atoms with Crippen molar-refractivity contribution in [3.8, 4) is 0 Å². The van der Waals surface area contributed by atoms with Gasteiger partial charge < -0.3 is 9.84 Å². The number of benzene rings is 1. The summed E-state index contributed by atoms with van der Waals surface area (Å²) in [5, 5.41) is 9.92. The number of hydrogen-bond donors (Lipinski definition) is 1. The number of carbonyl (C=O) groups is 1. The van der Waals surface area contributed by atoms with Gasteiger partial charge in [0.1, 0.15) is 6.10 Å². The standard InChI is InChI=1S/C14H17BrO3/c15-11-8-4-5-9-12(11)18-14(17)13(16)10-6-2-1-3-7-10/h1-3,6-7,11-13,16H,4-5,8-9H2/t11-,12-,13-/m0/s1. The largest absolute Gasteiger partial charge is 0.459 e. The molecule has 4 heteroatoms. The third-order valence-electron chi connectivity index (χ3n) is 3.23. The summed E-state index contributed by atoms with van der Waals surface area (Å²) in [5.74, 6) is -0.558. The van der Waals surface area contributed by atoms with Gasteiger partial charge in [0.05, 0.1) is 4.83 Å². The Bertz CT molecular complexity index is 393. The van der Waals surface area contributed by atoms with Gasteiger partial charge in [0.2, 0.25) is 0 Å². The summed E-state index contributed by atoms with van der Waals surface area (Å²) in [5.41, 5.74) is 0.574. The molecule has 0 radical (unpaired) electrons. The van der Waals surface area contributed by atoms with Crippen molar-refractivity contribution in [1.29, 1.82) is 0 Å². The zero-order valence-corrected chi connectivity index (χ0v) is 11.7. The highest BCUT2D eigenvalue weighted by Gasteiger charge is 2.29. The van der Waals surface area contributed by atoms with Crippen LogP contribution in [-0.2, 0) is 9.53 Å². The molecule has 1 aliphatic rings. The quantitative estimate of drug-likeness (QED) is 0.689. The van der Waals surface area contributed by atoms with Crippen molar-refractivity contribution in [2.75, 3.05) is 0 Å². The van der Waals surface area contributed by atoms with Crippen LogP contribution < -0.4 is 0 Å². The summed E-state index contributed by atoms with van der Waals surface area (Å²) >= 11 is 3.53. The average molecular weight is 313 g/mol. The van der Waals surface area contributed by atoms with Crippen molar-refractivity contribution in [3.63, 3.8) is 0 Å².